The topological polar surface area (TPSA) is 211 Å². The number of carboxylic acids is 1. The van der Waals surface area contributed by atoms with Gasteiger partial charge < -0.3 is 37.8 Å². The Morgan fingerprint density at radius 2 is 1.73 bits per heavy atom. The smallest absolute Gasteiger partial charge is 0.326 e. The molecule has 1 saturated heterocycles. The number of benzene rings is 1. The van der Waals surface area contributed by atoms with E-state index in [-0.39, 0.29) is 32.2 Å². The molecule has 0 spiro atoms. The highest BCUT2D eigenvalue weighted by Crippen LogP contribution is 2.20. The Balaban J connectivity index is 2.16. The molecule has 12 nitrogen and oxygen atoms in total. The molecule has 9 N–H and O–H groups in total. The van der Waals surface area contributed by atoms with Gasteiger partial charge >= 0.3 is 5.97 Å². The molecule has 0 radical (unpaired) electrons. The van der Waals surface area contributed by atoms with Crippen molar-refractivity contribution in [2.75, 3.05) is 13.1 Å². The van der Waals surface area contributed by atoms with E-state index in [1.165, 1.54) is 4.90 Å². The number of aliphatic carboxylic acids is 1. The Morgan fingerprint density at radius 3 is 2.35 bits per heavy atom. The standard InChI is InChI=1S/C25H38N6O6/c26-13-5-4-9-18(25(36)37)29-23(34)20-10-6-14-31(20)24(35)19(15-16-7-2-1-3-8-16)30-22(33)17(27)11-12-21(28)32/h1-3,7-8,17-20H,4-6,9-15,26-27H2,(H2,28,32)(H,29,34)(H,30,33)(H,36,37). The average molecular weight is 519 g/mol. The maximum atomic E-state index is 13.6. The Hall–Kier alpha value is -3.51. The summed E-state index contributed by atoms with van der Waals surface area (Å²) < 4.78 is 0. The minimum atomic E-state index is -1.15. The van der Waals surface area contributed by atoms with Crippen molar-refractivity contribution in [2.24, 2.45) is 17.2 Å². The third-order valence-electron chi connectivity index (χ3n) is 6.34. The van der Waals surface area contributed by atoms with Crippen molar-refractivity contribution < 1.29 is 29.1 Å². The maximum absolute atomic E-state index is 13.6. The van der Waals surface area contributed by atoms with Crippen molar-refractivity contribution in [3.63, 3.8) is 0 Å². The van der Waals surface area contributed by atoms with E-state index in [1.807, 2.05) is 18.2 Å². The maximum Gasteiger partial charge on any atom is 0.326 e. The van der Waals surface area contributed by atoms with Gasteiger partial charge in [-0.15, -0.1) is 0 Å². The lowest BCUT2D eigenvalue weighted by Gasteiger charge is -2.30. The molecular formula is C25H38N6O6. The molecule has 204 valence electrons. The van der Waals surface area contributed by atoms with Gasteiger partial charge in [-0.25, -0.2) is 4.79 Å². The van der Waals surface area contributed by atoms with Crippen molar-refractivity contribution in [2.45, 2.75) is 75.5 Å². The lowest BCUT2D eigenvalue weighted by atomic mass is 10.0. The van der Waals surface area contributed by atoms with Crippen LogP contribution in [-0.2, 0) is 30.4 Å². The molecule has 1 heterocycles. The number of amides is 4. The second-order valence-electron chi connectivity index (χ2n) is 9.24. The van der Waals surface area contributed by atoms with Gasteiger partial charge in [-0.2, -0.15) is 0 Å². The molecule has 0 saturated carbocycles. The van der Waals surface area contributed by atoms with Gasteiger partial charge in [-0.1, -0.05) is 30.3 Å². The summed E-state index contributed by atoms with van der Waals surface area (Å²) in [7, 11) is 0. The number of primary amides is 1. The van der Waals surface area contributed by atoms with E-state index >= 15 is 0 Å². The summed E-state index contributed by atoms with van der Waals surface area (Å²) in [5, 5.41) is 14.7. The predicted octanol–water partition coefficient (Wildman–Crippen LogP) is -1.00. The SMILES string of the molecule is NCCCCC(NC(=O)C1CCCN1C(=O)C(Cc1ccccc1)NC(=O)C(N)CCC(N)=O)C(=O)O. The molecule has 2 rings (SSSR count). The summed E-state index contributed by atoms with van der Waals surface area (Å²) in [6, 6.07) is 5.07. The summed E-state index contributed by atoms with van der Waals surface area (Å²) in [5.41, 5.74) is 17.3. The first-order valence-corrected chi connectivity index (χ1v) is 12.6. The minimum absolute atomic E-state index is 0.0306. The Morgan fingerprint density at radius 1 is 1.03 bits per heavy atom. The van der Waals surface area contributed by atoms with Gasteiger partial charge in [-0.3, -0.25) is 19.2 Å². The number of carbonyl (C=O) groups excluding carboxylic acids is 4. The number of rotatable bonds is 15. The fourth-order valence-corrected chi connectivity index (χ4v) is 4.28. The van der Waals surface area contributed by atoms with Crippen LogP contribution in [0.3, 0.4) is 0 Å². The molecule has 1 aromatic carbocycles. The van der Waals surface area contributed by atoms with Gasteiger partial charge in [0.1, 0.15) is 18.1 Å². The normalized spacial score (nSPS) is 17.5. The van der Waals surface area contributed by atoms with Gasteiger partial charge in [0, 0.05) is 19.4 Å². The van der Waals surface area contributed by atoms with Gasteiger partial charge in [0.25, 0.3) is 0 Å². The first-order valence-electron chi connectivity index (χ1n) is 12.6. The number of unbranched alkanes of at least 4 members (excludes halogenated alkanes) is 1. The van der Waals surface area contributed by atoms with Crippen LogP contribution in [0.5, 0.6) is 0 Å². The van der Waals surface area contributed by atoms with Crippen molar-refractivity contribution in [1.29, 1.82) is 0 Å². The Bertz CT molecular complexity index is 943. The highest BCUT2D eigenvalue weighted by Gasteiger charge is 2.39. The van der Waals surface area contributed by atoms with E-state index in [4.69, 9.17) is 17.2 Å². The highest BCUT2D eigenvalue weighted by molar-refractivity contribution is 5.94. The van der Waals surface area contributed by atoms with E-state index < -0.39 is 53.8 Å². The van der Waals surface area contributed by atoms with Crippen LogP contribution in [0.15, 0.2) is 30.3 Å². The first kappa shape index (κ1) is 29.7. The number of carbonyl (C=O) groups is 5. The van der Waals surface area contributed by atoms with Crippen LogP contribution in [0, 0.1) is 0 Å². The number of carboxylic acid groups (broad SMARTS) is 1. The largest absolute Gasteiger partial charge is 0.480 e. The predicted molar refractivity (Wildman–Crippen MR) is 136 cm³/mol. The van der Waals surface area contributed by atoms with Crippen LogP contribution in [0.4, 0.5) is 0 Å². The fraction of sp³-hybridized carbons (Fsp3) is 0.560. The third kappa shape index (κ3) is 9.47. The Labute approximate surface area is 216 Å². The summed E-state index contributed by atoms with van der Waals surface area (Å²) in [4.78, 5) is 63.4. The molecule has 12 heteroatoms. The van der Waals surface area contributed by atoms with Crippen LogP contribution in [0.2, 0.25) is 0 Å². The Kier molecular flexibility index (Phi) is 12.0. The van der Waals surface area contributed by atoms with Crippen LogP contribution in [-0.4, -0.2) is 76.9 Å². The van der Waals surface area contributed by atoms with Gasteiger partial charge in [0.05, 0.1) is 6.04 Å². The molecule has 1 fully saturated rings. The lowest BCUT2D eigenvalue weighted by Crippen LogP contribution is -2.57. The zero-order valence-corrected chi connectivity index (χ0v) is 20.9. The number of likely N-dealkylation sites (tertiary alicyclic amines) is 1. The van der Waals surface area contributed by atoms with Crippen molar-refractivity contribution in [3.8, 4) is 0 Å². The van der Waals surface area contributed by atoms with Gasteiger partial charge in [-0.05, 0) is 50.6 Å². The average Bonchev–Trinajstić information content (AvgIpc) is 3.36. The minimum Gasteiger partial charge on any atom is -0.480 e. The number of nitrogens with one attached hydrogen (secondary N) is 2. The molecule has 0 aliphatic carbocycles. The summed E-state index contributed by atoms with van der Waals surface area (Å²) in [6.07, 6.45) is 2.46. The molecule has 4 atom stereocenters. The molecular weight excluding hydrogens is 480 g/mol. The molecule has 1 aliphatic rings. The monoisotopic (exact) mass is 518 g/mol. The molecule has 37 heavy (non-hydrogen) atoms. The van der Waals surface area contributed by atoms with Crippen molar-refractivity contribution >= 4 is 29.6 Å². The fourth-order valence-electron chi connectivity index (χ4n) is 4.28. The molecule has 0 bridgehead atoms. The van der Waals surface area contributed by atoms with Crippen LogP contribution < -0.4 is 27.8 Å². The number of hydrogen-bond acceptors (Lipinski definition) is 7. The molecule has 1 aromatic rings. The second kappa shape index (κ2) is 14.9. The van der Waals surface area contributed by atoms with Gasteiger partial charge in [0.15, 0.2) is 0 Å². The second-order valence-corrected chi connectivity index (χ2v) is 9.24. The molecule has 1 aliphatic heterocycles. The summed E-state index contributed by atoms with van der Waals surface area (Å²) in [5.74, 6) is -3.36. The van der Waals surface area contributed by atoms with Crippen LogP contribution >= 0.6 is 0 Å². The van der Waals surface area contributed by atoms with E-state index in [2.05, 4.69) is 10.6 Å². The molecule has 4 amide bonds. The molecule has 0 aromatic heterocycles. The van der Waals surface area contributed by atoms with E-state index in [0.29, 0.717) is 32.2 Å². The summed E-state index contributed by atoms with van der Waals surface area (Å²) >= 11 is 0. The lowest BCUT2D eigenvalue weighted by molar-refractivity contribution is -0.145. The van der Waals surface area contributed by atoms with E-state index in [1.54, 1.807) is 12.1 Å². The van der Waals surface area contributed by atoms with Gasteiger partial charge in [0.2, 0.25) is 23.6 Å². The molecule has 4 unspecified atom stereocenters. The highest BCUT2D eigenvalue weighted by atomic mass is 16.4. The zero-order valence-electron chi connectivity index (χ0n) is 20.9. The number of nitrogens with two attached hydrogens (primary N) is 3. The van der Waals surface area contributed by atoms with E-state index in [9.17, 15) is 29.1 Å². The number of nitrogens with zero attached hydrogens (tertiary/aromatic N) is 1. The summed E-state index contributed by atoms with van der Waals surface area (Å²) in [6.45, 7) is 0.711. The van der Waals surface area contributed by atoms with E-state index in [0.717, 1.165) is 5.56 Å². The van der Waals surface area contributed by atoms with Crippen molar-refractivity contribution in [1.82, 2.24) is 15.5 Å². The number of hydrogen-bond donors (Lipinski definition) is 6. The third-order valence-corrected chi connectivity index (χ3v) is 6.34. The van der Waals surface area contributed by atoms with Crippen molar-refractivity contribution in [3.05, 3.63) is 35.9 Å². The zero-order chi connectivity index (χ0) is 27.4. The van der Waals surface area contributed by atoms with Crippen LogP contribution in [0.1, 0.15) is 50.5 Å². The quantitative estimate of drug-likeness (QED) is 0.158. The van der Waals surface area contributed by atoms with Crippen LogP contribution in [0.25, 0.3) is 0 Å². The first-order chi connectivity index (χ1) is 17.6.